The van der Waals surface area contributed by atoms with Gasteiger partial charge in [0.25, 0.3) is 0 Å². The van der Waals surface area contributed by atoms with E-state index in [2.05, 4.69) is 5.32 Å². The Labute approximate surface area is 139 Å². The number of furan rings is 1. The minimum atomic E-state index is -0.617. The van der Waals surface area contributed by atoms with Crippen molar-refractivity contribution in [3.8, 4) is 11.3 Å². The molecule has 3 N–H and O–H groups in total. The van der Waals surface area contributed by atoms with E-state index in [1.165, 1.54) is 6.07 Å². The van der Waals surface area contributed by atoms with Gasteiger partial charge in [-0.1, -0.05) is 42.5 Å². The van der Waals surface area contributed by atoms with E-state index in [1.807, 2.05) is 30.3 Å². The highest BCUT2D eigenvalue weighted by molar-refractivity contribution is 5.81. The largest absolute Gasteiger partial charge is 0.460 e. The molecule has 0 saturated carbocycles. The van der Waals surface area contributed by atoms with Crippen LogP contribution in [0.4, 0.5) is 4.39 Å². The number of rotatable bonds is 6. The molecule has 3 rings (SSSR count). The van der Waals surface area contributed by atoms with Crippen molar-refractivity contribution in [3.05, 3.63) is 83.9 Å². The average molecular weight is 324 g/mol. The van der Waals surface area contributed by atoms with Crippen LogP contribution < -0.4 is 11.1 Å². The smallest absolute Gasteiger partial charge is 0.239 e. The molecule has 1 heterocycles. The lowest BCUT2D eigenvalue weighted by Crippen LogP contribution is -2.33. The van der Waals surface area contributed by atoms with E-state index in [0.717, 1.165) is 5.56 Å². The molecule has 0 fully saturated rings. The number of halogens is 1. The van der Waals surface area contributed by atoms with Gasteiger partial charge in [0, 0.05) is 0 Å². The first-order chi connectivity index (χ1) is 11.6. The van der Waals surface area contributed by atoms with E-state index in [0.29, 0.717) is 23.6 Å². The molecule has 0 spiro atoms. The molecule has 24 heavy (non-hydrogen) atoms. The molecular weight excluding hydrogens is 307 g/mol. The van der Waals surface area contributed by atoms with E-state index < -0.39 is 11.9 Å². The Morgan fingerprint density at radius 1 is 1.04 bits per heavy atom. The zero-order valence-electron chi connectivity index (χ0n) is 12.9. The minimum absolute atomic E-state index is 0.303. The van der Waals surface area contributed by atoms with Gasteiger partial charge in [-0.05, 0) is 29.8 Å². The Hall–Kier alpha value is -2.92. The second kappa shape index (κ2) is 7.10. The number of nitrogens with two attached hydrogens (primary N) is 1. The predicted octanol–water partition coefficient (Wildman–Crippen LogP) is 3.40. The van der Waals surface area contributed by atoms with Crippen LogP contribution in [0.15, 0.2) is 71.1 Å². The van der Waals surface area contributed by atoms with Crippen LogP contribution in [-0.2, 0) is 11.3 Å². The Bertz CT molecular complexity index is 830. The van der Waals surface area contributed by atoms with Crippen LogP contribution in [0.2, 0.25) is 0 Å². The van der Waals surface area contributed by atoms with Crippen LogP contribution in [0.5, 0.6) is 0 Å². The number of nitrogens with one attached hydrogen (secondary N) is 1. The summed E-state index contributed by atoms with van der Waals surface area (Å²) in [6.07, 6.45) is 0. The molecule has 0 aliphatic rings. The van der Waals surface area contributed by atoms with Gasteiger partial charge < -0.3 is 10.2 Å². The third-order valence-corrected chi connectivity index (χ3v) is 3.70. The lowest BCUT2D eigenvalue weighted by Gasteiger charge is -2.14. The Kier molecular flexibility index (Phi) is 4.72. The Morgan fingerprint density at radius 2 is 1.75 bits per heavy atom. The van der Waals surface area contributed by atoms with Gasteiger partial charge in [-0.25, -0.2) is 4.39 Å². The first-order valence-electron chi connectivity index (χ1n) is 7.56. The molecule has 1 amide bonds. The molecule has 1 atom stereocenters. The topological polar surface area (TPSA) is 68.3 Å². The standard InChI is InChI=1S/C19H17FN2O2/c20-16-9-5-4-8-15(16)17-11-10-14(24-17)12-22-18(19(21)23)13-6-2-1-3-7-13/h1-11,18,22H,12H2,(H2,21,23)/t18-/m1/s1. The first-order valence-corrected chi connectivity index (χ1v) is 7.56. The zero-order chi connectivity index (χ0) is 16.9. The summed E-state index contributed by atoms with van der Waals surface area (Å²) >= 11 is 0. The van der Waals surface area contributed by atoms with Crippen LogP contribution in [0, 0.1) is 5.82 Å². The summed E-state index contributed by atoms with van der Waals surface area (Å²) < 4.78 is 19.5. The van der Waals surface area contributed by atoms with E-state index >= 15 is 0 Å². The maximum absolute atomic E-state index is 13.8. The van der Waals surface area contributed by atoms with Gasteiger partial charge >= 0.3 is 0 Å². The predicted molar refractivity (Wildman–Crippen MR) is 89.3 cm³/mol. The third-order valence-electron chi connectivity index (χ3n) is 3.70. The summed E-state index contributed by atoms with van der Waals surface area (Å²) in [5.41, 5.74) is 6.65. The number of primary amides is 1. The minimum Gasteiger partial charge on any atom is -0.460 e. The molecule has 0 aliphatic heterocycles. The van der Waals surface area contributed by atoms with E-state index in [9.17, 15) is 9.18 Å². The Morgan fingerprint density at radius 3 is 2.46 bits per heavy atom. The van der Waals surface area contributed by atoms with Crippen LogP contribution in [0.25, 0.3) is 11.3 Å². The highest BCUT2D eigenvalue weighted by atomic mass is 19.1. The number of amides is 1. The summed E-state index contributed by atoms with van der Waals surface area (Å²) in [4.78, 5) is 11.7. The normalized spacial score (nSPS) is 12.0. The Balaban J connectivity index is 1.73. The quantitative estimate of drug-likeness (QED) is 0.730. The molecule has 0 bridgehead atoms. The monoisotopic (exact) mass is 324 g/mol. The van der Waals surface area contributed by atoms with Gasteiger partial charge in [-0.2, -0.15) is 0 Å². The van der Waals surface area contributed by atoms with E-state index in [4.69, 9.17) is 10.2 Å². The summed E-state index contributed by atoms with van der Waals surface area (Å²) in [5, 5.41) is 3.07. The summed E-state index contributed by atoms with van der Waals surface area (Å²) in [5.74, 6) is 0.225. The lowest BCUT2D eigenvalue weighted by molar-refractivity contribution is -0.120. The second-order valence-electron chi connectivity index (χ2n) is 5.37. The van der Waals surface area contributed by atoms with Crippen molar-refractivity contribution in [1.82, 2.24) is 5.32 Å². The van der Waals surface area contributed by atoms with Crippen LogP contribution in [0.1, 0.15) is 17.4 Å². The van der Waals surface area contributed by atoms with E-state index in [-0.39, 0.29) is 5.82 Å². The molecule has 1 aromatic heterocycles. The van der Waals surface area contributed by atoms with Crippen molar-refractivity contribution in [3.63, 3.8) is 0 Å². The molecular formula is C19H17FN2O2. The summed E-state index contributed by atoms with van der Waals surface area (Å²) in [7, 11) is 0. The van der Waals surface area contributed by atoms with Gasteiger partial charge in [0.05, 0.1) is 12.1 Å². The average Bonchev–Trinajstić information content (AvgIpc) is 3.05. The van der Waals surface area contributed by atoms with Crippen molar-refractivity contribution in [1.29, 1.82) is 0 Å². The molecule has 4 nitrogen and oxygen atoms in total. The van der Waals surface area contributed by atoms with Crippen molar-refractivity contribution >= 4 is 5.91 Å². The van der Waals surface area contributed by atoms with Gasteiger partial charge in [0.15, 0.2) is 0 Å². The number of carbonyl (C=O) groups is 1. The first kappa shape index (κ1) is 16.0. The number of hydrogen-bond donors (Lipinski definition) is 2. The van der Waals surface area contributed by atoms with Crippen LogP contribution in [0.3, 0.4) is 0 Å². The van der Waals surface area contributed by atoms with Crippen molar-refractivity contribution in [2.45, 2.75) is 12.6 Å². The fourth-order valence-corrected chi connectivity index (χ4v) is 2.51. The molecule has 0 unspecified atom stereocenters. The van der Waals surface area contributed by atoms with Crippen molar-refractivity contribution < 1.29 is 13.6 Å². The molecule has 3 aromatic rings. The lowest BCUT2D eigenvalue weighted by atomic mass is 10.1. The molecule has 122 valence electrons. The van der Waals surface area contributed by atoms with Gasteiger partial charge in [0.1, 0.15) is 23.4 Å². The number of hydrogen-bond acceptors (Lipinski definition) is 3. The maximum Gasteiger partial charge on any atom is 0.239 e. The molecule has 0 radical (unpaired) electrons. The second-order valence-corrected chi connectivity index (χ2v) is 5.37. The maximum atomic E-state index is 13.8. The third kappa shape index (κ3) is 3.52. The highest BCUT2D eigenvalue weighted by Gasteiger charge is 2.17. The van der Waals surface area contributed by atoms with Crippen molar-refractivity contribution in [2.75, 3.05) is 0 Å². The van der Waals surface area contributed by atoms with E-state index in [1.54, 1.807) is 30.3 Å². The fourth-order valence-electron chi connectivity index (χ4n) is 2.51. The zero-order valence-corrected chi connectivity index (χ0v) is 12.9. The molecule has 0 aliphatic carbocycles. The fraction of sp³-hybridized carbons (Fsp3) is 0.105. The van der Waals surface area contributed by atoms with Gasteiger partial charge in [-0.3, -0.25) is 10.1 Å². The van der Waals surface area contributed by atoms with Crippen LogP contribution >= 0.6 is 0 Å². The van der Waals surface area contributed by atoms with Crippen molar-refractivity contribution in [2.24, 2.45) is 5.73 Å². The highest BCUT2D eigenvalue weighted by Crippen LogP contribution is 2.25. The van der Waals surface area contributed by atoms with Gasteiger partial charge in [0.2, 0.25) is 5.91 Å². The SMILES string of the molecule is NC(=O)[C@H](NCc1ccc(-c2ccccc2F)o1)c1ccccc1. The molecule has 0 saturated heterocycles. The molecule has 2 aromatic carbocycles. The van der Waals surface area contributed by atoms with Crippen LogP contribution in [-0.4, -0.2) is 5.91 Å². The summed E-state index contributed by atoms with van der Waals surface area (Å²) in [6, 6.07) is 18.5. The number of carbonyl (C=O) groups excluding carboxylic acids is 1. The number of benzene rings is 2. The summed E-state index contributed by atoms with van der Waals surface area (Å²) in [6.45, 7) is 0.303. The van der Waals surface area contributed by atoms with Gasteiger partial charge in [-0.15, -0.1) is 0 Å². The molecule has 5 heteroatoms.